The fraction of sp³-hybridized carbons (Fsp3) is 0.133. The lowest BCUT2D eigenvalue weighted by molar-refractivity contribution is 0.0602. The van der Waals surface area contributed by atoms with Crippen LogP contribution in [0.3, 0.4) is 0 Å². The molecule has 2 heterocycles. The van der Waals surface area contributed by atoms with Crippen molar-refractivity contribution in [3.63, 3.8) is 0 Å². The van der Waals surface area contributed by atoms with Gasteiger partial charge in [0, 0.05) is 11.8 Å². The first-order chi connectivity index (χ1) is 9.72. The van der Waals surface area contributed by atoms with Gasteiger partial charge in [-0.1, -0.05) is 30.3 Å². The van der Waals surface area contributed by atoms with Crippen LogP contribution in [0.2, 0.25) is 0 Å². The molecule has 3 rings (SSSR count). The molecular weight excluding hydrogens is 254 g/mol. The number of carbonyl (C=O) groups excluding carboxylic acids is 1. The molecule has 0 spiro atoms. The molecule has 0 radical (unpaired) electrons. The van der Waals surface area contributed by atoms with E-state index in [2.05, 4.69) is 10.1 Å². The summed E-state index contributed by atoms with van der Waals surface area (Å²) < 4.78 is 6.47. The molecule has 0 aliphatic heterocycles. The monoisotopic (exact) mass is 267 g/mol. The van der Waals surface area contributed by atoms with Crippen molar-refractivity contribution in [2.75, 3.05) is 7.11 Å². The van der Waals surface area contributed by atoms with Crippen LogP contribution in [0.4, 0.5) is 0 Å². The van der Waals surface area contributed by atoms with Crippen molar-refractivity contribution in [1.29, 1.82) is 0 Å². The van der Waals surface area contributed by atoms with Crippen molar-refractivity contribution in [3.8, 4) is 11.3 Å². The van der Waals surface area contributed by atoms with Gasteiger partial charge >= 0.3 is 5.97 Å². The molecule has 0 atom stereocenters. The van der Waals surface area contributed by atoms with Gasteiger partial charge in [0.1, 0.15) is 5.56 Å². The number of aryl methyl sites for hydroxylation is 1. The van der Waals surface area contributed by atoms with Gasteiger partial charge in [-0.05, 0) is 13.0 Å². The average molecular weight is 267 g/mol. The highest BCUT2D eigenvalue weighted by atomic mass is 16.5. The molecule has 0 bridgehead atoms. The van der Waals surface area contributed by atoms with Crippen LogP contribution in [-0.2, 0) is 4.74 Å². The summed E-state index contributed by atoms with van der Waals surface area (Å²) >= 11 is 0. The van der Waals surface area contributed by atoms with E-state index < -0.39 is 5.97 Å². The fourth-order valence-corrected chi connectivity index (χ4v) is 2.22. The third-order valence-corrected chi connectivity index (χ3v) is 3.15. The third-order valence-electron chi connectivity index (χ3n) is 3.15. The number of esters is 1. The minimum atomic E-state index is -0.421. The van der Waals surface area contributed by atoms with Gasteiger partial charge in [-0.25, -0.2) is 14.3 Å². The number of rotatable bonds is 2. The number of fused-ring (bicyclic) bond motifs is 1. The number of benzene rings is 1. The van der Waals surface area contributed by atoms with Crippen LogP contribution in [-0.4, -0.2) is 27.7 Å². The maximum Gasteiger partial charge on any atom is 0.343 e. The SMILES string of the molecule is COC(=O)c1c(C)nn2c(-c3ccccc3)ccnc12. The standard InChI is InChI=1S/C15H13N3O2/c1-10-13(15(19)20-2)14-16-9-8-12(18(14)17-10)11-6-4-3-5-7-11/h3-9H,1-2H3. The number of hydrogen-bond acceptors (Lipinski definition) is 4. The number of hydrogen-bond donors (Lipinski definition) is 0. The van der Waals surface area contributed by atoms with Crippen molar-refractivity contribution in [3.05, 3.63) is 53.9 Å². The Morgan fingerprint density at radius 3 is 2.65 bits per heavy atom. The molecule has 5 nitrogen and oxygen atoms in total. The summed E-state index contributed by atoms with van der Waals surface area (Å²) in [5.74, 6) is -0.421. The summed E-state index contributed by atoms with van der Waals surface area (Å²) in [5.41, 5.74) is 3.42. The average Bonchev–Trinajstić information content (AvgIpc) is 2.83. The molecule has 0 N–H and O–H groups in total. The van der Waals surface area contributed by atoms with E-state index in [1.165, 1.54) is 7.11 Å². The lowest BCUT2D eigenvalue weighted by atomic mass is 10.1. The molecule has 0 aliphatic carbocycles. The van der Waals surface area contributed by atoms with Gasteiger partial charge in [-0.2, -0.15) is 5.10 Å². The highest BCUT2D eigenvalue weighted by Gasteiger charge is 2.20. The Hall–Kier alpha value is -2.69. The van der Waals surface area contributed by atoms with Gasteiger partial charge < -0.3 is 4.74 Å². The zero-order chi connectivity index (χ0) is 14.1. The maximum atomic E-state index is 11.8. The Bertz CT molecular complexity index is 778. The molecule has 0 fully saturated rings. The van der Waals surface area contributed by atoms with Crippen LogP contribution in [0, 0.1) is 6.92 Å². The highest BCUT2D eigenvalue weighted by Crippen LogP contribution is 2.22. The van der Waals surface area contributed by atoms with Crippen molar-refractivity contribution in [2.24, 2.45) is 0 Å². The van der Waals surface area contributed by atoms with E-state index in [-0.39, 0.29) is 0 Å². The number of aromatic nitrogens is 3. The minimum Gasteiger partial charge on any atom is -0.465 e. The number of ether oxygens (including phenoxy) is 1. The Morgan fingerprint density at radius 2 is 1.95 bits per heavy atom. The van der Waals surface area contributed by atoms with Crippen LogP contribution >= 0.6 is 0 Å². The molecule has 2 aromatic heterocycles. The Labute approximate surface area is 115 Å². The van der Waals surface area contributed by atoms with Crippen LogP contribution < -0.4 is 0 Å². The van der Waals surface area contributed by atoms with Gasteiger partial charge in [-0.3, -0.25) is 0 Å². The number of nitrogens with zero attached hydrogens (tertiary/aromatic N) is 3. The lowest BCUT2D eigenvalue weighted by Gasteiger charge is -2.04. The highest BCUT2D eigenvalue weighted by molar-refractivity contribution is 5.97. The second kappa shape index (κ2) is 4.77. The molecule has 0 unspecified atom stereocenters. The Balaban J connectivity index is 2.30. The summed E-state index contributed by atoms with van der Waals surface area (Å²) in [4.78, 5) is 16.1. The van der Waals surface area contributed by atoms with Gasteiger partial charge in [-0.15, -0.1) is 0 Å². The minimum absolute atomic E-state index is 0.408. The largest absolute Gasteiger partial charge is 0.465 e. The molecule has 0 aliphatic rings. The Kier molecular flexibility index (Phi) is 2.95. The lowest BCUT2D eigenvalue weighted by Crippen LogP contribution is -2.03. The van der Waals surface area contributed by atoms with Crippen LogP contribution in [0.5, 0.6) is 0 Å². The summed E-state index contributed by atoms with van der Waals surface area (Å²) in [6, 6.07) is 11.7. The van der Waals surface area contributed by atoms with Gasteiger partial charge in [0.25, 0.3) is 0 Å². The first-order valence-corrected chi connectivity index (χ1v) is 6.20. The molecule has 20 heavy (non-hydrogen) atoms. The van der Waals surface area contributed by atoms with E-state index in [9.17, 15) is 4.79 Å². The fourth-order valence-electron chi connectivity index (χ4n) is 2.22. The van der Waals surface area contributed by atoms with Gasteiger partial charge in [0.15, 0.2) is 5.65 Å². The molecule has 1 aromatic carbocycles. The zero-order valence-electron chi connectivity index (χ0n) is 11.2. The van der Waals surface area contributed by atoms with Crippen LogP contribution in [0.25, 0.3) is 16.9 Å². The van der Waals surface area contributed by atoms with Crippen molar-refractivity contribution in [2.45, 2.75) is 6.92 Å². The molecule has 100 valence electrons. The zero-order valence-corrected chi connectivity index (χ0v) is 11.2. The van der Waals surface area contributed by atoms with Gasteiger partial charge in [0.2, 0.25) is 0 Å². The second-order valence-electron chi connectivity index (χ2n) is 4.38. The van der Waals surface area contributed by atoms with Crippen molar-refractivity contribution >= 4 is 11.6 Å². The first kappa shape index (κ1) is 12.3. The van der Waals surface area contributed by atoms with Crippen LogP contribution in [0.15, 0.2) is 42.6 Å². The number of methoxy groups -OCH3 is 1. The summed E-state index contributed by atoms with van der Waals surface area (Å²) in [6.45, 7) is 1.77. The van der Waals surface area contributed by atoms with E-state index in [1.807, 2.05) is 36.4 Å². The summed E-state index contributed by atoms with van der Waals surface area (Å²) in [5, 5.41) is 4.41. The second-order valence-corrected chi connectivity index (χ2v) is 4.38. The molecule has 0 amide bonds. The topological polar surface area (TPSA) is 56.5 Å². The van der Waals surface area contributed by atoms with Gasteiger partial charge in [0.05, 0.1) is 18.5 Å². The summed E-state index contributed by atoms with van der Waals surface area (Å²) in [7, 11) is 1.35. The Morgan fingerprint density at radius 1 is 1.20 bits per heavy atom. The van der Waals surface area contributed by atoms with E-state index in [0.717, 1.165) is 11.3 Å². The van der Waals surface area contributed by atoms with Crippen LogP contribution in [0.1, 0.15) is 16.1 Å². The molecular formula is C15H13N3O2. The number of carbonyl (C=O) groups is 1. The molecule has 3 aromatic rings. The maximum absolute atomic E-state index is 11.8. The summed E-state index contributed by atoms with van der Waals surface area (Å²) in [6.07, 6.45) is 1.67. The van der Waals surface area contributed by atoms with E-state index in [0.29, 0.717) is 16.9 Å². The van der Waals surface area contributed by atoms with Crippen molar-refractivity contribution in [1.82, 2.24) is 14.6 Å². The van der Waals surface area contributed by atoms with E-state index in [1.54, 1.807) is 17.6 Å². The smallest absolute Gasteiger partial charge is 0.343 e. The third kappa shape index (κ3) is 1.84. The normalized spacial score (nSPS) is 10.7. The predicted octanol–water partition coefficient (Wildman–Crippen LogP) is 2.49. The van der Waals surface area contributed by atoms with E-state index >= 15 is 0 Å². The first-order valence-electron chi connectivity index (χ1n) is 6.20. The van der Waals surface area contributed by atoms with E-state index in [4.69, 9.17) is 4.74 Å². The quantitative estimate of drug-likeness (QED) is 0.669. The van der Waals surface area contributed by atoms with Crippen molar-refractivity contribution < 1.29 is 9.53 Å². The molecule has 0 saturated carbocycles. The predicted molar refractivity (Wildman–Crippen MR) is 74.5 cm³/mol. The molecule has 0 saturated heterocycles. The molecule has 5 heteroatoms.